The normalized spacial score (nSPS) is 23.2. The first-order valence-electron chi connectivity index (χ1n) is 6.06. The van der Waals surface area contributed by atoms with Crippen molar-refractivity contribution in [1.29, 1.82) is 5.26 Å². The molecular formula is C13H15N5S2. The summed E-state index contributed by atoms with van der Waals surface area (Å²) in [6.07, 6.45) is 6.02. The van der Waals surface area contributed by atoms with Crippen molar-refractivity contribution in [2.24, 2.45) is 17.0 Å². The van der Waals surface area contributed by atoms with E-state index in [-0.39, 0.29) is 5.92 Å². The van der Waals surface area contributed by atoms with Gasteiger partial charge in [0.1, 0.15) is 10.0 Å². The third kappa shape index (κ3) is 2.50. The first-order valence-corrected chi connectivity index (χ1v) is 7.39. The molecule has 7 heteroatoms. The summed E-state index contributed by atoms with van der Waals surface area (Å²) in [5.41, 5.74) is 2.93. The average molecular weight is 305 g/mol. The van der Waals surface area contributed by atoms with E-state index in [0.717, 1.165) is 26.9 Å². The highest BCUT2D eigenvalue weighted by Gasteiger charge is 2.33. The molecule has 3 N–H and O–H groups in total. The maximum Gasteiger partial charge on any atom is 0.149 e. The summed E-state index contributed by atoms with van der Waals surface area (Å²) < 4.78 is 0. The lowest BCUT2D eigenvalue weighted by Crippen LogP contribution is -2.19. The molecule has 0 radical (unpaired) electrons. The maximum atomic E-state index is 9.15. The molecule has 0 amide bonds. The van der Waals surface area contributed by atoms with Crippen LogP contribution in [0.25, 0.3) is 5.57 Å². The van der Waals surface area contributed by atoms with E-state index in [4.69, 9.17) is 5.26 Å². The molecule has 5 nitrogen and oxygen atoms in total. The second kappa shape index (κ2) is 6.22. The van der Waals surface area contributed by atoms with Crippen molar-refractivity contribution in [3.05, 3.63) is 39.6 Å². The highest BCUT2D eigenvalue weighted by atomic mass is 32.1. The number of fused-ring (bicyclic) bond motifs is 1. The number of nitrogens with two attached hydrogens (primary N) is 1. The Balaban J connectivity index is 0.000000704. The number of thiol groups is 1. The van der Waals surface area contributed by atoms with E-state index >= 15 is 0 Å². The summed E-state index contributed by atoms with van der Waals surface area (Å²) in [5.74, 6) is 0.470. The smallest absolute Gasteiger partial charge is 0.149 e. The fourth-order valence-electron chi connectivity index (χ4n) is 2.42. The molecule has 2 unspecified atom stereocenters. The summed E-state index contributed by atoms with van der Waals surface area (Å²) in [5, 5.41) is 26.7. The molecule has 2 aliphatic rings. The minimum Gasteiger partial charge on any atom is -0.363 e. The first kappa shape index (κ1) is 14.8. The minimum absolute atomic E-state index is 0.138. The molecule has 0 aromatic carbocycles. The summed E-state index contributed by atoms with van der Waals surface area (Å²) in [6, 6.07) is 2.27. The molecule has 1 aromatic heterocycles. The molecule has 1 aliphatic carbocycles. The van der Waals surface area contributed by atoms with Crippen LogP contribution in [0, 0.1) is 30.1 Å². The molecular weight excluding hydrogens is 290 g/mol. The SMILES string of the molecule is Cc1nnc(C2=C3NC=C(C#N)C3C(C)C=C2)s1.NS. The fraction of sp³-hybridized carbons (Fsp3) is 0.308. The number of nitriles is 1. The molecule has 104 valence electrons. The van der Waals surface area contributed by atoms with E-state index in [2.05, 4.69) is 58.6 Å². The topological polar surface area (TPSA) is 87.6 Å². The Morgan fingerprint density at radius 2 is 2.20 bits per heavy atom. The lowest BCUT2D eigenvalue weighted by molar-refractivity contribution is 0.563. The summed E-state index contributed by atoms with van der Waals surface area (Å²) in [4.78, 5) is 0. The van der Waals surface area contributed by atoms with Crippen LogP contribution >= 0.6 is 24.2 Å². The van der Waals surface area contributed by atoms with Crippen molar-refractivity contribution in [2.45, 2.75) is 13.8 Å². The van der Waals surface area contributed by atoms with E-state index in [0.29, 0.717) is 5.92 Å². The maximum absolute atomic E-state index is 9.15. The van der Waals surface area contributed by atoms with Gasteiger partial charge in [-0.2, -0.15) is 5.26 Å². The van der Waals surface area contributed by atoms with Crippen molar-refractivity contribution in [3.63, 3.8) is 0 Å². The number of nitrogens with one attached hydrogen (secondary N) is 1. The van der Waals surface area contributed by atoms with Crippen LogP contribution in [0.4, 0.5) is 0 Å². The van der Waals surface area contributed by atoms with Crippen LogP contribution in [0.2, 0.25) is 0 Å². The number of hydrogen-bond donors (Lipinski definition) is 3. The number of hydrogen-bond acceptors (Lipinski definition) is 7. The molecule has 0 spiro atoms. The van der Waals surface area contributed by atoms with Gasteiger partial charge in [-0.05, 0) is 12.8 Å². The highest BCUT2D eigenvalue weighted by Crippen LogP contribution is 2.40. The fourth-order valence-corrected chi connectivity index (χ4v) is 3.16. The van der Waals surface area contributed by atoms with Gasteiger partial charge in [0.05, 0.1) is 11.6 Å². The second-order valence-electron chi connectivity index (χ2n) is 4.51. The Hall–Kier alpha value is -1.62. The molecule has 0 bridgehead atoms. The van der Waals surface area contributed by atoms with Gasteiger partial charge in [0.15, 0.2) is 0 Å². The van der Waals surface area contributed by atoms with Gasteiger partial charge in [0.25, 0.3) is 0 Å². The van der Waals surface area contributed by atoms with Crippen molar-refractivity contribution in [1.82, 2.24) is 15.5 Å². The van der Waals surface area contributed by atoms with Crippen LogP contribution < -0.4 is 10.5 Å². The lowest BCUT2D eigenvalue weighted by atomic mass is 9.81. The van der Waals surface area contributed by atoms with Crippen LogP contribution in [0.1, 0.15) is 16.9 Å². The van der Waals surface area contributed by atoms with Crippen molar-refractivity contribution >= 4 is 29.7 Å². The standard InChI is InChI=1S/C13H12N4S.H3NS/c1-7-3-4-10(13-17-16-8(2)18-13)12-11(7)9(5-14)6-15-12;1-2/h3-4,6-7,11,15H,1-2H3;2H,1H2. The van der Waals surface area contributed by atoms with E-state index in [9.17, 15) is 0 Å². The van der Waals surface area contributed by atoms with Crippen molar-refractivity contribution < 1.29 is 0 Å². The van der Waals surface area contributed by atoms with Crippen LogP contribution in [0.15, 0.2) is 29.6 Å². The zero-order valence-corrected chi connectivity index (χ0v) is 12.9. The van der Waals surface area contributed by atoms with E-state index in [1.807, 2.05) is 6.92 Å². The molecule has 0 saturated heterocycles. The van der Waals surface area contributed by atoms with Crippen LogP contribution in [0.5, 0.6) is 0 Å². The van der Waals surface area contributed by atoms with Crippen molar-refractivity contribution in [2.75, 3.05) is 0 Å². The van der Waals surface area contributed by atoms with Crippen LogP contribution in [-0.4, -0.2) is 10.2 Å². The average Bonchev–Trinajstić information content (AvgIpc) is 3.08. The molecule has 1 aromatic rings. The summed E-state index contributed by atoms with van der Waals surface area (Å²) >= 11 is 4.60. The monoisotopic (exact) mass is 305 g/mol. The molecule has 1 aliphatic heterocycles. The Morgan fingerprint density at radius 3 is 2.80 bits per heavy atom. The predicted octanol–water partition coefficient (Wildman–Crippen LogP) is 2.18. The number of allylic oxidation sites excluding steroid dienone is 4. The van der Waals surface area contributed by atoms with Gasteiger partial charge < -0.3 is 5.32 Å². The van der Waals surface area contributed by atoms with Crippen LogP contribution in [0.3, 0.4) is 0 Å². The lowest BCUT2D eigenvalue weighted by Gasteiger charge is -2.23. The third-order valence-electron chi connectivity index (χ3n) is 3.30. The number of aromatic nitrogens is 2. The minimum atomic E-state index is 0.138. The van der Waals surface area contributed by atoms with E-state index in [1.165, 1.54) is 0 Å². The molecule has 0 saturated carbocycles. The predicted molar refractivity (Wildman–Crippen MR) is 83.4 cm³/mol. The van der Waals surface area contributed by atoms with Gasteiger partial charge in [0, 0.05) is 23.4 Å². The Bertz CT molecular complexity index is 635. The van der Waals surface area contributed by atoms with Gasteiger partial charge in [-0.3, -0.25) is 5.14 Å². The zero-order valence-electron chi connectivity index (χ0n) is 11.2. The molecule has 20 heavy (non-hydrogen) atoms. The molecule has 2 heterocycles. The van der Waals surface area contributed by atoms with Gasteiger partial charge in [-0.15, -0.1) is 23.0 Å². The Morgan fingerprint density at radius 1 is 1.45 bits per heavy atom. The first-order chi connectivity index (χ1) is 9.70. The second-order valence-corrected chi connectivity index (χ2v) is 5.69. The number of aryl methyl sites for hydroxylation is 1. The van der Waals surface area contributed by atoms with E-state index < -0.39 is 0 Å². The Kier molecular flexibility index (Phi) is 4.60. The largest absolute Gasteiger partial charge is 0.363 e. The zero-order chi connectivity index (χ0) is 14.7. The van der Waals surface area contributed by atoms with Gasteiger partial charge >= 0.3 is 0 Å². The quantitative estimate of drug-likeness (QED) is 0.692. The molecule has 0 fully saturated rings. The molecule has 2 atom stereocenters. The Labute approximate surface area is 127 Å². The van der Waals surface area contributed by atoms with Gasteiger partial charge in [-0.25, -0.2) is 0 Å². The molecule has 3 rings (SSSR count). The number of rotatable bonds is 1. The summed E-state index contributed by atoms with van der Waals surface area (Å²) in [7, 11) is 0. The van der Waals surface area contributed by atoms with Crippen LogP contribution in [-0.2, 0) is 0 Å². The summed E-state index contributed by atoms with van der Waals surface area (Å²) in [6.45, 7) is 4.07. The van der Waals surface area contributed by atoms with Gasteiger partial charge in [0.2, 0.25) is 0 Å². The van der Waals surface area contributed by atoms with Crippen molar-refractivity contribution in [3.8, 4) is 6.07 Å². The van der Waals surface area contributed by atoms with E-state index in [1.54, 1.807) is 17.5 Å². The number of nitrogens with zero attached hydrogens (tertiary/aromatic N) is 3. The third-order valence-corrected chi connectivity index (χ3v) is 4.17. The highest BCUT2D eigenvalue weighted by molar-refractivity contribution is 7.77. The van der Waals surface area contributed by atoms with Gasteiger partial charge in [-0.1, -0.05) is 30.4 Å².